The minimum atomic E-state index is -0.304. The zero-order valence-corrected chi connectivity index (χ0v) is 15.5. The molecule has 0 saturated carbocycles. The number of rotatable bonds is 5. The molecular weight excluding hydrogens is 364 g/mol. The Labute approximate surface area is 160 Å². The Morgan fingerprint density at radius 3 is 2.89 bits per heavy atom. The van der Waals surface area contributed by atoms with E-state index in [-0.39, 0.29) is 24.3 Å². The van der Waals surface area contributed by atoms with E-state index >= 15 is 0 Å². The molecule has 8 heteroatoms. The van der Waals surface area contributed by atoms with Crippen LogP contribution < -0.4 is 15.4 Å². The number of aryl methyl sites for hydroxylation is 1. The Bertz CT molecular complexity index is 967. The summed E-state index contributed by atoms with van der Waals surface area (Å²) in [7, 11) is 1.74. The summed E-state index contributed by atoms with van der Waals surface area (Å²) in [6, 6.07) is 13.1. The van der Waals surface area contributed by atoms with Gasteiger partial charge in [0.15, 0.2) is 12.4 Å². The molecule has 0 spiro atoms. The minimum absolute atomic E-state index is 0.0609. The molecule has 0 unspecified atom stereocenters. The van der Waals surface area contributed by atoms with Gasteiger partial charge in [-0.3, -0.25) is 14.3 Å². The Morgan fingerprint density at radius 1 is 1.33 bits per heavy atom. The Kier molecular flexibility index (Phi) is 4.64. The molecule has 27 heavy (non-hydrogen) atoms. The molecule has 3 heterocycles. The van der Waals surface area contributed by atoms with E-state index in [4.69, 9.17) is 4.74 Å². The van der Waals surface area contributed by atoms with Gasteiger partial charge in [-0.2, -0.15) is 5.10 Å². The third-order valence-corrected chi connectivity index (χ3v) is 5.32. The molecule has 0 bridgehead atoms. The van der Waals surface area contributed by atoms with Crippen molar-refractivity contribution in [2.45, 2.75) is 12.3 Å². The number of aromatic nitrogens is 2. The van der Waals surface area contributed by atoms with E-state index in [1.54, 1.807) is 35.2 Å². The van der Waals surface area contributed by atoms with E-state index in [0.29, 0.717) is 23.8 Å². The summed E-state index contributed by atoms with van der Waals surface area (Å²) >= 11 is 1.59. The van der Waals surface area contributed by atoms with Gasteiger partial charge in [0.05, 0.1) is 0 Å². The lowest BCUT2D eigenvalue weighted by Gasteiger charge is -2.23. The quantitative estimate of drug-likeness (QED) is 0.710. The van der Waals surface area contributed by atoms with Crippen molar-refractivity contribution in [1.29, 1.82) is 0 Å². The molecule has 1 atom stereocenters. The summed E-state index contributed by atoms with van der Waals surface area (Å²) < 4.78 is 7.08. The van der Waals surface area contributed by atoms with Gasteiger partial charge in [0.2, 0.25) is 5.91 Å². The van der Waals surface area contributed by atoms with Crippen molar-refractivity contribution in [2.75, 3.05) is 17.2 Å². The number of carbonyl (C=O) groups is 2. The van der Waals surface area contributed by atoms with Crippen LogP contribution in [-0.4, -0.2) is 28.2 Å². The number of fused-ring (bicyclic) bond motifs is 1. The van der Waals surface area contributed by atoms with Crippen molar-refractivity contribution >= 4 is 34.8 Å². The van der Waals surface area contributed by atoms with Crippen LogP contribution in [0.2, 0.25) is 0 Å². The first-order chi connectivity index (χ1) is 13.1. The predicted octanol–water partition coefficient (Wildman–Crippen LogP) is 2.97. The molecule has 0 aliphatic carbocycles. The first kappa shape index (κ1) is 17.3. The van der Waals surface area contributed by atoms with Crippen LogP contribution in [-0.2, 0) is 16.6 Å². The van der Waals surface area contributed by atoms with E-state index in [1.807, 2.05) is 35.7 Å². The fourth-order valence-corrected chi connectivity index (χ4v) is 3.98. The van der Waals surface area contributed by atoms with Crippen LogP contribution in [0.1, 0.15) is 22.8 Å². The van der Waals surface area contributed by atoms with Crippen molar-refractivity contribution in [3.05, 3.63) is 58.3 Å². The number of benzene rings is 1. The molecule has 1 aliphatic rings. The summed E-state index contributed by atoms with van der Waals surface area (Å²) in [6.07, 6.45) is 0.322. The normalized spacial score (nSPS) is 15.7. The van der Waals surface area contributed by atoms with Crippen LogP contribution in [0.3, 0.4) is 0 Å². The summed E-state index contributed by atoms with van der Waals surface area (Å²) in [5.74, 6) is 1.19. The highest BCUT2D eigenvalue weighted by Gasteiger charge is 2.34. The molecule has 0 fully saturated rings. The molecule has 0 saturated heterocycles. The second kappa shape index (κ2) is 7.24. The highest BCUT2D eigenvalue weighted by Crippen LogP contribution is 2.42. The second-order valence-corrected chi connectivity index (χ2v) is 7.18. The lowest BCUT2D eigenvalue weighted by atomic mass is 9.92. The summed E-state index contributed by atoms with van der Waals surface area (Å²) in [6.45, 7) is -0.120. The Morgan fingerprint density at radius 2 is 2.15 bits per heavy atom. The number of anilines is 2. The van der Waals surface area contributed by atoms with Crippen molar-refractivity contribution in [2.24, 2.45) is 7.05 Å². The third kappa shape index (κ3) is 3.56. The highest BCUT2D eigenvalue weighted by atomic mass is 32.1. The molecule has 2 aromatic heterocycles. The van der Waals surface area contributed by atoms with Crippen LogP contribution in [0.25, 0.3) is 0 Å². The molecular formula is C19H18N4O3S. The van der Waals surface area contributed by atoms with Crippen LogP contribution >= 0.6 is 11.3 Å². The van der Waals surface area contributed by atoms with Crippen molar-refractivity contribution in [3.63, 3.8) is 0 Å². The first-order valence-electron chi connectivity index (χ1n) is 8.49. The number of thiophene rings is 1. The molecule has 7 nitrogen and oxygen atoms in total. The second-order valence-electron chi connectivity index (χ2n) is 6.20. The largest absolute Gasteiger partial charge is 0.484 e. The number of nitrogens with zero attached hydrogens (tertiary/aromatic N) is 2. The Hall–Kier alpha value is -3.13. The zero-order valence-electron chi connectivity index (χ0n) is 14.6. The molecule has 2 N–H and O–H groups in total. The predicted molar refractivity (Wildman–Crippen MR) is 103 cm³/mol. The number of ether oxygens (including phenoxy) is 1. The van der Waals surface area contributed by atoms with Crippen LogP contribution in [0, 0.1) is 0 Å². The van der Waals surface area contributed by atoms with Gasteiger partial charge in [-0.05, 0) is 23.6 Å². The summed E-state index contributed by atoms with van der Waals surface area (Å²) in [4.78, 5) is 25.6. The van der Waals surface area contributed by atoms with Crippen molar-refractivity contribution < 1.29 is 14.3 Å². The van der Waals surface area contributed by atoms with E-state index in [1.165, 1.54) is 0 Å². The average molecular weight is 382 g/mol. The van der Waals surface area contributed by atoms with Gasteiger partial charge in [0.25, 0.3) is 5.91 Å². The van der Waals surface area contributed by atoms with Crippen LogP contribution in [0.15, 0.2) is 47.8 Å². The lowest BCUT2D eigenvalue weighted by molar-refractivity contribution is -0.118. The fourth-order valence-electron chi connectivity index (χ4n) is 3.15. The Balaban J connectivity index is 1.56. The zero-order chi connectivity index (χ0) is 18.8. The van der Waals surface area contributed by atoms with E-state index in [9.17, 15) is 9.59 Å². The van der Waals surface area contributed by atoms with E-state index < -0.39 is 0 Å². The number of nitrogens with one attached hydrogen (secondary N) is 2. The average Bonchev–Trinajstić information content (AvgIpc) is 3.30. The van der Waals surface area contributed by atoms with Gasteiger partial charge in [-0.25, -0.2) is 0 Å². The number of amides is 2. The maximum Gasteiger partial charge on any atom is 0.263 e. The number of para-hydroxylation sites is 1. The van der Waals surface area contributed by atoms with Gasteiger partial charge in [0, 0.05) is 29.8 Å². The topological polar surface area (TPSA) is 85.2 Å². The number of hydrogen-bond donors (Lipinski definition) is 2. The molecule has 0 radical (unpaired) electrons. The van der Waals surface area contributed by atoms with Crippen LogP contribution in [0.5, 0.6) is 5.75 Å². The SMILES string of the molecule is Cn1nc(NC(=O)COc2ccccc2)c2c1NC(=O)C[C@H]2c1cccs1. The van der Waals surface area contributed by atoms with Gasteiger partial charge < -0.3 is 15.4 Å². The minimum Gasteiger partial charge on any atom is -0.484 e. The summed E-state index contributed by atoms with van der Waals surface area (Å²) in [5, 5.41) is 12.1. The van der Waals surface area contributed by atoms with Gasteiger partial charge in [-0.1, -0.05) is 24.3 Å². The lowest BCUT2D eigenvalue weighted by Crippen LogP contribution is -2.25. The van der Waals surface area contributed by atoms with Crippen LogP contribution in [0.4, 0.5) is 11.6 Å². The maximum absolute atomic E-state index is 12.4. The van der Waals surface area contributed by atoms with Crippen molar-refractivity contribution in [1.82, 2.24) is 9.78 Å². The van der Waals surface area contributed by atoms with Gasteiger partial charge in [-0.15, -0.1) is 11.3 Å². The van der Waals surface area contributed by atoms with Gasteiger partial charge in [0.1, 0.15) is 11.6 Å². The molecule has 1 aliphatic heterocycles. The smallest absolute Gasteiger partial charge is 0.263 e. The van der Waals surface area contributed by atoms with E-state index in [0.717, 1.165) is 10.4 Å². The summed E-state index contributed by atoms with van der Waals surface area (Å²) in [5.41, 5.74) is 0.826. The molecule has 3 aromatic rings. The van der Waals surface area contributed by atoms with E-state index in [2.05, 4.69) is 15.7 Å². The number of hydrogen-bond acceptors (Lipinski definition) is 5. The van der Waals surface area contributed by atoms with Crippen molar-refractivity contribution in [3.8, 4) is 5.75 Å². The number of carbonyl (C=O) groups excluding carboxylic acids is 2. The fraction of sp³-hybridized carbons (Fsp3) is 0.211. The first-order valence-corrected chi connectivity index (χ1v) is 9.37. The monoisotopic (exact) mass is 382 g/mol. The molecule has 138 valence electrons. The molecule has 2 amide bonds. The standard InChI is InChI=1S/C19H18N4O3S/c1-23-19-17(13(10-15(24)21-19)14-8-5-9-27-14)18(22-23)20-16(25)11-26-12-6-3-2-4-7-12/h2-9,13H,10-11H2,1H3,(H,21,24)(H,20,22,25)/t13-/m0/s1. The highest BCUT2D eigenvalue weighted by molar-refractivity contribution is 7.10. The third-order valence-electron chi connectivity index (χ3n) is 4.34. The molecule has 1 aromatic carbocycles. The van der Waals surface area contributed by atoms with Gasteiger partial charge >= 0.3 is 0 Å². The molecule has 4 rings (SSSR count). The maximum atomic E-state index is 12.4.